The molecule has 1 aromatic carbocycles. The minimum atomic E-state index is -0.306. The zero-order chi connectivity index (χ0) is 25.9. The van der Waals surface area contributed by atoms with Gasteiger partial charge >= 0.3 is 6.03 Å². The van der Waals surface area contributed by atoms with E-state index in [0.29, 0.717) is 12.5 Å². The van der Waals surface area contributed by atoms with Crippen molar-refractivity contribution in [3.05, 3.63) is 60.6 Å². The number of imidazole rings is 1. The Bertz CT molecular complexity index is 1360. The summed E-state index contributed by atoms with van der Waals surface area (Å²) in [5.74, 6) is 0.381. The third-order valence-corrected chi connectivity index (χ3v) is 6.64. The number of benzene rings is 1. The van der Waals surface area contributed by atoms with E-state index in [0.717, 1.165) is 52.2 Å². The molecule has 37 heavy (non-hydrogen) atoms. The van der Waals surface area contributed by atoms with E-state index in [4.69, 9.17) is 9.72 Å². The summed E-state index contributed by atoms with van der Waals surface area (Å²) in [5.41, 5.74) is 6.24. The summed E-state index contributed by atoms with van der Waals surface area (Å²) in [6.45, 7) is 10.6. The number of aromatic nitrogens is 4. The van der Waals surface area contributed by atoms with E-state index in [1.54, 1.807) is 6.20 Å². The third-order valence-electron chi connectivity index (χ3n) is 6.64. The number of aromatic amines is 1. The normalized spacial score (nSPS) is 19.0. The summed E-state index contributed by atoms with van der Waals surface area (Å²) in [4.78, 5) is 31.8. The van der Waals surface area contributed by atoms with Crippen molar-refractivity contribution in [1.82, 2.24) is 30.2 Å². The topological polar surface area (TPSA) is 108 Å². The van der Waals surface area contributed by atoms with Crippen molar-refractivity contribution in [2.24, 2.45) is 0 Å². The van der Waals surface area contributed by atoms with Crippen LogP contribution in [0.25, 0.3) is 33.4 Å². The van der Waals surface area contributed by atoms with Crippen molar-refractivity contribution < 1.29 is 9.53 Å². The summed E-state index contributed by atoms with van der Waals surface area (Å²) in [6.07, 6.45) is 4.11. The molecule has 0 bridgehead atoms. The maximum Gasteiger partial charge on any atom is 0.321 e. The Kier molecular flexibility index (Phi) is 7.16. The van der Waals surface area contributed by atoms with Gasteiger partial charge in [-0.25, -0.2) is 9.78 Å². The standard InChI is InChI=1S/C28H33N7O2/c1-5-29-28(36)34-27-32-25-13-21(12-22(26(25)33-27)24-8-6-7-11-30-24)20-9-10-23(31-14-20)19(4)35-15-17(2)37-18(3)16-35/h6-14,17-19H,5,15-16H2,1-4H3,(H3,29,32,33,34,36)/t17-,18+,19?. The highest BCUT2D eigenvalue weighted by molar-refractivity contribution is 5.97. The van der Waals surface area contributed by atoms with Crippen molar-refractivity contribution in [3.63, 3.8) is 0 Å². The molecule has 0 spiro atoms. The van der Waals surface area contributed by atoms with Crippen molar-refractivity contribution in [3.8, 4) is 22.4 Å². The molecule has 1 saturated heterocycles. The molecule has 9 heteroatoms. The molecule has 192 valence electrons. The van der Waals surface area contributed by atoms with Gasteiger partial charge in [0.2, 0.25) is 5.95 Å². The van der Waals surface area contributed by atoms with Crippen LogP contribution in [-0.2, 0) is 4.74 Å². The van der Waals surface area contributed by atoms with Gasteiger partial charge in [0, 0.05) is 49.2 Å². The van der Waals surface area contributed by atoms with E-state index < -0.39 is 0 Å². The number of nitrogens with zero attached hydrogens (tertiary/aromatic N) is 4. The average molecular weight is 500 g/mol. The fourth-order valence-corrected chi connectivity index (χ4v) is 4.92. The van der Waals surface area contributed by atoms with Gasteiger partial charge in [0.25, 0.3) is 0 Å². The van der Waals surface area contributed by atoms with Crippen LogP contribution in [0.5, 0.6) is 0 Å². The number of urea groups is 1. The third kappa shape index (κ3) is 5.47. The number of fused-ring (bicyclic) bond motifs is 1. The number of rotatable bonds is 6. The Morgan fingerprint density at radius 2 is 1.95 bits per heavy atom. The minimum Gasteiger partial charge on any atom is -0.373 e. The number of hydrogen-bond acceptors (Lipinski definition) is 6. The highest BCUT2D eigenvalue weighted by Gasteiger charge is 2.27. The first-order valence-electron chi connectivity index (χ1n) is 12.8. The van der Waals surface area contributed by atoms with Crippen LogP contribution in [0.15, 0.2) is 54.9 Å². The molecule has 4 aromatic rings. The number of H-pyrrole nitrogens is 1. The number of amides is 2. The summed E-state index contributed by atoms with van der Waals surface area (Å²) >= 11 is 0. The molecular formula is C28H33N7O2. The first-order valence-corrected chi connectivity index (χ1v) is 12.8. The smallest absolute Gasteiger partial charge is 0.321 e. The summed E-state index contributed by atoms with van der Waals surface area (Å²) in [6, 6.07) is 14.0. The fraction of sp³-hybridized carbons (Fsp3) is 0.357. The van der Waals surface area contributed by atoms with Crippen molar-refractivity contribution in [2.45, 2.75) is 45.9 Å². The van der Waals surface area contributed by atoms with Crippen LogP contribution >= 0.6 is 0 Å². The molecule has 0 radical (unpaired) electrons. The summed E-state index contributed by atoms with van der Waals surface area (Å²) in [5, 5.41) is 5.49. The molecule has 0 saturated carbocycles. The van der Waals surface area contributed by atoms with E-state index in [2.05, 4.69) is 69.5 Å². The lowest BCUT2D eigenvalue weighted by molar-refractivity contribution is -0.0793. The van der Waals surface area contributed by atoms with Crippen LogP contribution in [0.1, 0.15) is 39.4 Å². The Hall–Kier alpha value is -3.82. The van der Waals surface area contributed by atoms with Crippen LogP contribution in [-0.4, -0.2) is 62.7 Å². The van der Waals surface area contributed by atoms with Crippen molar-refractivity contribution in [1.29, 1.82) is 0 Å². The van der Waals surface area contributed by atoms with Gasteiger partial charge in [-0.3, -0.25) is 20.2 Å². The van der Waals surface area contributed by atoms with Crippen LogP contribution in [0.3, 0.4) is 0 Å². The Balaban J connectivity index is 1.48. The Morgan fingerprint density at radius 1 is 1.14 bits per heavy atom. The molecule has 3 N–H and O–H groups in total. The lowest BCUT2D eigenvalue weighted by atomic mass is 10.00. The van der Waals surface area contributed by atoms with E-state index in [1.807, 2.05) is 37.4 Å². The zero-order valence-electron chi connectivity index (χ0n) is 21.7. The number of hydrogen-bond donors (Lipinski definition) is 3. The van der Waals surface area contributed by atoms with Crippen molar-refractivity contribution >= 4 is 23.0 Å². The van der Waals surface area contributed by atoms with E-state index in [1.165, 1.54) is 0 Å². The fourth-order valence-electron chi connectivity index (χ4n) is 4.92. The molecule has 1 fully saturated rings. The molecule has 1 aliphatic rings. The van der Waals surface area contributed by atoms with E-state index >= 15 is 0 Å². The molecule has 5 rings (SSSR count). The molecule has 0 aliphatic carbocycles. The van der Waals surface area contributed by atoms with Gasteiger partial charge in [-0.15, -0.1) is 0 Å². The first kappa shape index (κ1) is 24.9. The highest BCUT2D eigenvalue weighted by Crippen LogP contribution is 2.33. The lowest BCUT2D eigenvalue weighted by Gasteiger charge is -2.38. The SMILES string of the molecule is CCNC(=O)Nc1nc2c(-c3ccccn3)cc(-c3ccc(C(C)N4C[C@@H](C)O[C@@H](C)C4)nc3)cc2[nH]1. The van der Waals surface area contributed by atoms with Gasteiger partial charge < -0.3 is 15.0 Å². The number of anilines is 1. The Labute approximate surface area is 216 Å². The molecule has 1 aliphatic heterocycles. The predicted octanol–water partition coefficient (Wildman–Crippen LogP) is 5.00. The molecular weight excluding hydrogens is 466 g/mol. The van der Waals surface area contributed by atoms with Gasteiger partial charge in [0.1, 0.15) is 0 Å². The number of ether oxygens (including phenoxy) is 1. The molecule has 1 unspecified atom stereocenters. The second kappa shape index (κ2) is 10.7. The van der Waals surface area contributed by atoms with Crippen LogP contribution < -0.4 is 10.6 Å². The van der Waals surface area contributed by atoms with Crippen molar-refractivity contribution in [2.75, 3.05) is 25.0 Å². The van der Waals surface area contributed by atoms with Gasteiger partial charge in [-0.05, 0) is 63.6 Å². The number of carbonyl (C=O) groups excluding carboxylic acids is 1. The van der Waals surface area contributed by atoms with Crippen LogP contribution in [0.2, 0.25) is 0 Å². The Morgan fingerprint density at radius 3 is 2.62 bits per heavy atom. The highest BCUT2D eigenvalue weighted by atomic mass is 16.5. The van der Waals surface area contributed by atoms with Gasteiger partial charge in [-0.2, -0.15) is 0 Å². The predicted molar refractivity (Wildman–Crippen MR) is 145 cm³/mol. The summed E-state index contributed by atoms with van der Waals surface area (Å²) in [7, 11) is 0. The number of pyridine rings is 2. The van der Waals surface area contributed by atoms with Gasteiger partial charge in [-0.1, -0.05) is 12.1 Å². The van der Waals surface area contributed by atoms with Crippen LogP contribution in [0, 0.1) is 0 Å². The second-order valence-electron chi connectivity index (χ2n) is 9.56. The largest absolute Gasteiger partial charge is 0.373 e. The van der Waals surface area contributed by atoms with E-state index in [-0.39, 0.29) is 24.3 Å². The quantitative estimate of drug-likeness (QED) is 0.345. The van der Waals surface area contributed by atoms with Gasteiger partial charge in [0.05, 0.1) is 34.6 Å². The monoisotopic (exact) mass is 499 g/mol. The molecule has 9 nitrogen and oxygen atoms in total. The maximum atomic E-state index is 12.1. The zero-order valence-corrected chi connectivity index (χ0v) is 21.7. The molecule has 2 amide bonds. The summed E-state index contributed by atoms with van der Waals surface area (Å²) < 4.78 is 5.90. The number of morpholine rings is 1. The molecule has 4 heterocycles. The molecule has 3 aromatic heterocycles. The second-order valence-corrected chi connectivity index (χ2v) is 9.56. The molecule has 3 atom stereocenters. The van der Waals surface area contributed by atoms with E-state index in [9.17, 15) is 4.79 Å². The maximum absolute atomic E-state index is 12.1. The van der Waals surface area contributed by atoms with Gasteiger partial charge in [0.15, 0.2) is 0 Å². The average Bonchev–Trinajstić information content (AvgIpc) is 3.30. The first-order chi connectivity index (χ1) is 17.9. The number of carbonyl (C=O) groups is 1. The van der Waals surface area contributed by atoms with Crippen LogP contribution in [0.4, 0.5) is 10.7 Å². The lowest BCUT2D eigenvalue weighted by Crippen LogP contribution is -2.46. The number of nitrogens with one attached hydrogen (secondary N) is 3. The minimum absolute atomic E-state index is 0.199.